The van der Waals surface area contributed by atoms with E-state index in [9.17, 15) is 9.59 Å². The Labute approximate surface area is 95.0 Å². The monoisotopic (exact) mass is 227 g/mol. The van der Waals surface area contributed by atoms with Crippen molar-refractivity contribution in [2.45, 2.75) is 19.8 Å². The van der Waals surface area contributed by atoms with Crippen LogP contribution in [0.1, 0.15) is 19.8 Å². The number of esters is 1. The highest BCUT2D eigenvalue weighted by Crippen LogP contribution is 2.18. The summed E-state index contributed by atoms with van der Waals surface area (Å²) in [4.78, 5) is 24.5. The molecule has 0 aromatic carbocycles. The zero-order chi connectivity index (χ0) is 12.0. The van der Waals surface area contributed by atoms with Crippen molar-refractivity contribution < 1.29 is 19.1 Å². The van der Waals surface area contributed by atoms with Crippen LogP contribution in [0.15, 0.2) is 12.8 Å². The molecule has 1 aliphatic heterocycles. The summed E-state index contributed by atoms with van der Waals surface area (Å²) in [6.45, 7) is 6.43. The number of amides is 1. The molecule has 0 aromatic heterocycles. The molecule has 5 heteroatoms. The van der Waals surface area contributed by atoms with Gasteiger partial charge < -0.3 is 14.4 Å². The molecule has 1 amide bonds. The Morgan fingerprint density at radius 1 is 1.56 bits per heavy atom. The fourth-order valence-electron chi connectivity index (χ4n) is 1.73. The van der Waals surface area contributed by atoms with E-state index in [0.717, 1.165) is 19.1 Å². The molecule has 0 N–H and O–H groups in total. The summed E-state index contributed by atoms with van der Waals surface area (Å²) >= 11 is 0. The van der Waals surface area contributed by atoms with E-state index in [-0.39, 0.29) is 18.0 Å². The van der Waals surface area contributed by atoms with Crippen LogP contribution in [-0.2, 0) is 14.3 Å². The van der Waals surface area contributed by atoms with Gasteiger partial charge in [-0.3, -0.25) is 4.79 Å². The second-order valence-electron chi connectivity index (χ2n) is 3.59. The van der Waals surface area contributed by atoms with E-state index < -0.39 is 0 Å². The first-order valence-electron chi connectivity index (χ1n) is 5.42. The number of piperidine rings is 1. The van der Waals surface area contributed by atoms with Gasteiger partial charge >= 0.3 is 12.1 Å². The van der Waals surface area contributed by atoms with Gasteiger partial charge in [0.15, 0.2) is 0 Å². The third-order valence-corrected chi connectivity index (χ3v) is 2.48. The van der Waals surface area contributed by atoms with Gasteiger partial charge in [0.25, 0.3) is 0 Å². The Morgan fingerprint density at radius 2 is 2.31 bits per heavy atom. The molecule has 1 aliphatic rings. The van der Waals surface area contributed by atoms with Crippen LogP contribution < -0.4 is 0 Å². The highest BCUT2D eigenvalue weighted by Gasteiger charge is 2.29. The largest absolute Gasteiger partial charge is 0.450 e. The number of carbonyl (C=O) groups is 2. The van der Waals surface area contributed by atoms with Crippen LogP contribution in [0.25, 0.3) is 0 Å². The lowest BCUT2D eigenvalue weighted by molar-refractivity contribution is -0.144. The lowest BCUT2D eigenvalue weighted by Crippen LogP contribution is -2.42. The van der Waals surface area contributed by atoms with Gasteiger partial charge in [-0.05, 0) is 19.8 Å². The zero-order valence-electron chi connectivity index (χ0n) is 9.48. The van der Waals surface area contributed by atoms with E-state index in [1.54, 1.807) is 11.8 Å². The quantitative estimate of drug-likeness (QED) is 0.542. The molecule has 0 aromatic rings. The number of nitrogens with zero attached hydrogens (tertiary/aromatic N) is 1. The van der Waals surface area contributed by atoms with Crippen LogP contribution in [0.3, 0.4) is 0 Å². The fourth-order valence-corrected chi connectivity index (χ4v) is 1.73. The molecule has 1 heterocycles. The predicted octanol–water partition coefficient (Wildman–Crippen LogP) is 1.54. The average Bonchev–Trinajstić information content (AvgIpc) is 2.30. The van der Waals surface area contributed by atoms with Crippen molar-refractivity contribution in [3.63, 3.8) is 0 Å². The number of hydrogen-bond donors (Lipinski definition) is 0. The summed E-state index contributed by atoms with van der Waals surface area (Å²) < 4.78 is 9.60. The smallest absolute Gasteiger partial charge is 0.409 e. The Morgan fingerprint density at radius 3 is 2.94 bits per heavy atom. The van der Waals surface area contributed by atoms with E-state index in [1.807, 2.05) is 0 Å². The molecule has 1 rings (SSSR count). The molecule has 16 heavy (non-hydrogen) atoms. The van der Waals surface area contributed by atoms with Crippen LogP contribution in [0.2, 0.25) is 0 Å². The highest BCUT2D eigenvalue weighted by atomic mass is 16.6. The first-order chi connectivity index (χ1) is 7.69. The van der Waals surface area contributed by atoms with Gasteiger partial charge in [-0.2, -0.15) is 0 Å². The Hall–Kier alpha value is -1.52. The van der Waals surface area contributed by atoms with Crippen molar-refractivity contribution >= 4 is 12.1 Å². The van der Waals surface area contributed by atoms with E-state index >= 15 is 0 Å². The molecule has 1 fully saturated rings. The predicted molar refractivity (Wildman–Crippen MR) is 57.6 cm³/mol. The molecule has 0 saturated carbocycles. The van der Waals surface area contributed by atoms with Crippen molar-refractivity contribution in [3.05, 3.63) is 12.8 Å². The summed E-state index contributed by atoms with van der Waals surface area (Å²) in [6.07, 6.45) is 2.28. The minimum atomic E-state index is -0.362. The Kier molecular flexibility index (Phi) is 4.82. The topological polar surface area (TPSA) is 55.8 Å². The van der Waals surface area contributed by atoms with Crippen LogP contribution in [0, 0.1) is 5.92 Å². The number of likely N-dealkylation sites (tertiary alicyclic amines) is 1. The number of hydrogen-bond acceptors (Lipinski definition) is 4. The average molecular weight is 227 g/mol. The van der Waals surface area contributed by atoms with Crippen molar-refractivity contribution in [2.75, 3.05) is 19.7 Å². The van der Waals surface area contributed by atoms with Gasteiger partial charge in [0.2, 0.25) is 0 Å². The van der Waals surface area contributed by atoms with Crippen molar-refractivity contribution in [1.29, 1.82) is 0 Å². The van der Waals surface area contributed by atoms with Gasteiger partial charge in [-0.1, -0.05) is 6.58 Å². The summed E-state index contributed by atoms with van der Waals surface area (Å²) in [7, 11) is 0. The molecule has 1 atom stereocenters. The van der Waals surface area contributed by atoms with Gasteiger partial charge in [-0.25, -0.2) is 4.79 Å². The van der Waals surface area contributed by atoms with Gasteiger partial charge in [-0.15, -0.1) is 0 Å². The number of carbonyl (C=O) groups excluding carboxylic acids is 2. The number of ether oxygens (including phenoxy) is 2. The molecule has 1 unspecified atom stereocenters. The minimum Gasteiger partial charge on any atom is -0.450 e. The molecular weight excluding hydrogens is 210 g/mol. The fraction of sp³-hybridized carbons (Fsp3) is 0.636. The maximum atomic E-state index is 11.5. The summed E-state index contributed by atoms with van der Waals surface area (Å²) in [5.74, 6) is -0.597. The second-order valence-corrected chi connectivity index (χ2v) is 3.59. The van der Waals surface area contributed by atoms with Gasteiger partial charge in [0.05, 0.1) is 18.8 Å². The highest BCUT2D eigenvalue weighted by molar-refractivity contribution is 5.75. The summed E-state index contributed by atoms with van der Waals surface area (Å²) in [5.41, 5.74) is 0. The van der Waals surface area contributed by atoms with Gasteiger partial charge in [0, 0.05) is 13.1 Å². The maximum Gasteiger partial charge on any atom is 0.409 e. The molecule has 5 nitrogen and oxygen atoms in total. The molecule has 0 spiro atoms. The molecular formula is C11H17NO4. The Balaban J connectivity index is 2.49. The number of rotatable bonds is 3. The maximum absolute atomic E-state index is 11.5. The van der Waals surface area contributed by atoms with E-state index in [2.05, 4.69) is 6.58 Å². The Bertz CT molecular complexity index is 277. The lowest BCUT2D eigenvalue weighted by atomic mass is 9.99. The summed E-state index contributed by atoms with van der Waals surface area (Å²) in [5, 5.41) is 0. The van der Waals surface area contributed by atoms with Crippen LogP contribution in [0.5, 0.6) is 0 Å². The van der Waals surface area contributed by atoms with Crippen LogP contribution in [-0.4, -0.2) is 36.7 Å². The van der Waals surface area contributed by atoms with Gasteiger partial charge in [0.1, 0.15) is 0 Å². The standard InChI is InChI=1S/C11H17NO4/c1-3-15-10(13)9-6-5-7-12(8-9)11(14)16-4-2/h3,9H,1,4-8H2,2H3. The first-order valence-corrected chi connectivity index (χ1v) is 5.42. The normalized spacial score (nSPS) is 20.1. The molecule has 0 radical (unpaired) electrons. The zero-order valence-corrected chi connectivity index (χ0v) is 9.48. The molecule has 0 bridgehead atoms. The SMILES string of the molecule is C=COC(=O)C1CCCN(C(=O)OCC)C1. The summed E-state index contributed by atoms with van der Waals surface area (Å²) in [6, 6.07) is 0. The minimum absolute atomic E-state index is 0.267. The van der Waals surface area contributed by atoms with E-state index in [1.165, 1.54) is 0 Å². The second kappa shape index (κ2) is 6.15. The third-order valence-electron chi connectivity index (χ3n) is 2.48. The van der Waals surface area contributed by atoms with Crippen LogP contribution >= 0.6 is 0 Å². The van der Waals surface area contributed by atoms with Crippen LogP contribution in [0.4, 0.5) is 4.79 Å². The molecule has 1 saturated heterocycles. The molecule has 0 aliphatic carbocycles. The van der Waals surface area contributed by atoms with Crippen molar-refractivity contribution in [3.8, 4) is 0 Å². The lowest BCUT2D eigenvalue weighted by Gasteiger charge is -2.30. The van der Waals surface area contributed by atoms with Crippen molar-refractivity contribution in [1.82, 2.24) is 4.90 Å². The molecule has 90 valence electrons. The first kappa shape index (κ1) is 12.5. The van der Waals surface area contributed by atoms with Crippen molar-refractivity contribution in [2.24, 2.45) is 5.92 Å². The van der Waals surface area contributed by atoms with E-state index in [4.69, 9.17) is 9.47 Å². The van der Waals surface area contributed by atoms with E-state index in [0.29, 0.717) is 19.7 Å². The third kappa shape index (κ3) is 3.25.